The van der Waals surface area contributed by atoms with E-state index in [-0.39, 0.29) is 12.1 Å². The van der Waals surface area contributed by atoms with E-state index in [4.69, 9.17) is 0 Å². The van der Waals surface area contributed by atoms with E-state index in [9.17, 15) is 8.76 Å². The molecule has 5 nitrogen and oxygen atoms in total. The summed E-state index contributed by atoms with van der Waals surface area (Å²) in [5.41, 5.74) is 3.64. The molecule has 0 amide bonds. The van der Waals surface area contributed by atoms with Crippen LogP contribution in [-0.2, 0) is 11.3 Å². The van der Waals surface area contributed by atoms with Crippen molar-refractivity contribution in [3.8, 4) is 0 Å². The number of nitrogens with one attached hydrogen (secondary N) is 1. The average molecular weight is 449 g/mol. The van der Waals surface area contributed by atoms with Gasteiger partial charge >= 0.3 is 0 Å². The number of piperazine rings is 1. The molecule has 1 N–H and O–H groups in total. The smallest absolute Gasteiger partial charge is 0.0602 e. The Bertz CT molecular complexity index is 925. The van der Waals surface area contributed by atoms with Gasteiger partial charge in [0.25, 0.3) is 0 Å². The van der Waals surface area contributed by atoms with Crippen LogP contribution >= 0.6 is 0 Å². The van der Waals surface area contributed by atoms with E-state index >= 15 is 0 Å². The van der Waals surface area contributed by atoms with Crippen molar-refractivity contribution in [2.75, 3.05) is 32.7 Å². The Balaban J connectivity index is 1.39. The van der Waals surface area contributed by atoms with Gasteiger partial charge in [0.15, 0.2) is 0 Å². The lowest BCUT2D eigenvalue weighted by atomic mass is 9.96. The molecule has 0 spiro atoms. The zero-order valence-corrected chi connectivity index (χ0v) is 19.0. The van der Waals surface area contributed by atoms with Crippen molar-refractivity contribution in [2.24, 2.45) is 0 Å². The molecule has 32 heavy (non-hydrogen) atoms. The van der Waals surface area contributed by atoms with Gasteiger partial charge in [0.2, 0.25) is 0 Å². The van der Waals surface area contributed by atoms with Gasteiger partial charge in [0.05, 0.1) is 6.04 Å². The zero-order valence-electron chi connectivity index (χ0n) is 18.2. The zero-order chi connectivity index (χ0) is 22.2. The van der Waals surface area contributed by atoms with Gasteiger partial charge in [-0.25, -0.2) is 4.72 Å². The van der Waals surface area contributed by atoms with Crippen LogP contribution in [-0.4, -0.2) is 51.3 Å². The van der Waals surface area contributed by atoms with Gasteiger partial charge in [-0.15, -0.1) is 0 Å². The van der Waals surface area contributed by atoms with E-state index in [0.29, 0.717) is 0 Å². The Morgan fingerprint density at radius 2 is 1.22 bits per heavy atom. The quantitative estimate of drug-likeness (QED) is 0.504. The molecule has 2 atom stereocenters. The number of hydrogen-bond donors (Lipinski definition) is 1. The van der Waals surface area contributed by atoms with Crippen molar-refractivity contribution in [1.29, 1.82) is 0 Å². The highest BCUT2D eigenvalue weighted by Gasteiger charge is 2.26. The maximum absolute atomic E-state index is 11.3. The predicted molar refractivity (Wildman–Crippen MR) is 129 cm³/mol. The highest BCUT2D eigenvalue weighted by Crippen LogP contribution is 2.29. The standard InChI is InChI=1S/C26H31N3O2S/c30-32(31)27-25(22-10-4-1-5-11-22)16-17-28-18-20-29(21-19-28)26(23-12-6-2-7-13-23)24-14-8-3-9-15-24/h1-15,25-27H,16-21H2,(H,30,31)/p-1. The van der Waals surface area contributed by atoms with Gasteiger partial charge in [0, 0.05) is 50.0 Å². The van der Waals surface area contributed by atoms with Crippen molar-refractivity contribution in [1.82, 2.24) is 14.5 Å². The van der Waals surface area contributed by atoms with E-state index in [1.54, 1.807) is 0 Å². The molecule has 0 aliphatic carbocycles. The third-order valence-electron chi connectivity index (χ3n) is 6.18. The minimum atomic E-state index is -2.28. The van der Waals surface area contributed by atoms with Crippen LogP contribution in [0.15, 0.2) is 91.0 Å². The fourth-order valence-electron chi connectivity index (χ4n) is 4.54. The fraction of sp³-hybridized carbons (Fsp3) is 0.308. The van der Waals surface area contributed by atoms with Gasteiger partial charge in [-0.3, -0.25) is 9.11 Å². The maximum Gasteiger partial charge on any atom is 0.0602 e. The normalized spacial score (nSPS) is 17.3. The van der Waals surface area contributed by atoms with Crippen LogP contribution in [0.1, 0.15) is 35.2 Å². The first-order valence-corrected chi connectivity index (χ1v) is 12.2. The molecule has 4 rings (SSSR count). The van der Waals surface area contributed by atoms with Crippen LogP contribution in [0.25, 0.3) is 0 Å². The Kier molecular flexibility index (Phi) is 8.20. The molecule has 1 fully saturated rings. The van der Waals surface area contributed by atoms with E-state index in [1.807, 2.05) is 30.3 Å². The summed E-state index contributed by atoms with van der Waals surface area (Å²) >= 11 is -2.28. The molecular weight excluding hydrogens is 418 g/mol. The lowest BCUT2D eigenvalue weighted by Crippen LogP contribution is -2.48. The number of nitrogens with zero attached hydrogens (tertiary/aromatic N) is 2. The SMILES string of the molecule is O=S([O-])NC(CCN1CCN(C(c2ccccc2)c2ccccc2)CC1)c1ccccc1. The summed E-state index contributed by atoms with van der Waals surface area (Å²) in [6.45, 7) is 4.76. The fourth-order valence-corrected chi connectivity index (χ4v) is 5.02. The Morgan fingerprint density at radius 3 is 1.69 bits per heavy atom. The molecule has 0 bridgehead atoms. The van der Waals surface area contributed by atoms with Crippen molar-refractivity contribution in [3.63, 3.8) is 0 Å². The Labute approximate surface area is 193 Å². The summed E-state index contributed by atoms with van der Waals surface area (Å²) in [4.78, 5) is 5.00. The summed E-state index contributed by atoms with van der Waals surface area (Å²) in [7, 11) is 0. The first-order valence-electron chi connectivity index (χ1n) is 11.2. The number of rotatable bonds is 9. The Hall–Kier alpha value is -2.35. The first-order chi connectivity index (χ1) is 15.7. The average Bonchev–Trinajstić information content (AvgIpc) is 2.84. The lowest BCUT2D eigenvalue weighted by Gasteiger charge is -2.40. The van der Waals surface area contributed by atoms with E-state index in [2.05, 4.69) is 75.2 Å². The second-order valence-corrected chi connectivity index (χ2v) is 8.91. The number of hydrogen-bond acceptors (Lipinski definition) is 4. The summed E-state index contributed by atoms with van der Waals surface area (Å²) in [6.07, 6.45) is 0.749. The van der Waals surface area contributed by atoms with Crippen LogP contribution in [0.4, 0.5) is 0 Å². The third kappa shape index (κ3) is 6.12. The third-order valence-corrected chi connectivity index (χ3v) is 6.65. The summed E-state index contributed by atoms with van der Waals surface area (Å²) in [5.74, 6) is 0. The van der Waals surface area contributed by atoms with Crippen LogP contribution in [0.5, 0.6) is 0 Å². The van der Waals surface area contributed by atoms with Gasteiger partial charge < -0.3 is 9.45 Å². The highest BCUT2D eigenvalue weighted by molar-refractivity contribution is 7.77. The molecule has 0 radical (unpaired) electrons. The predicted octanol–water partition coefficient (Wildman–Crippen LogP) is 3.91. The van der Waals surface area contributed by atoms with Crippen molar-refractivity contribution in [3.05, 3.63) is 108 Å². The molecule has 6 heteroatoms. The molecule has 1 heterocycles. The molecule has 1 aliphatic rings. The van der Waals surface area contributed by atoms with Crippen LogP contribution < -0.4 is 4.72 Å². The molecule has 2 unspecified atom stereocenters. The largest absolute Gasteiger partial charge is 0.760 e. The topological polar surface area (TPSA) is 58.6 Å². The van der Waals surface area contributed by atoms with Crippen molar-refractivity contribution < 1.29 is 8.76 Å². The van der Waals surface area contributed by atoms with Gasteiger partial charge in [-0.1, -0.05) is 91.0 Å². The van der Waals surface area contributed by atoms with Crippen LogP contribution in [0, 0.1) is 0 Å². The molecule has 168 valence electrons. The van der Waals surface area contributed by atoms with Gasteiger partial charge in [-0.2, -0.15) is 0 Å². The summed E-state index contributed by atoms with van der Waals surface area (Å²) < 4.78 is 25.3. The monoisotopic (exact) mass is 448 g/mol. The van der Waals surface area contributed by atoms with Crippen molar-refractivity contribution in [2.45, 2.75) is 18.5 Å². The summed E-state index contributed by atoms with van der Waals surface area (Å²) in [6, 6.07) is 31.3. The Morgan fingerprint density at radius 1 is 0.750 bits per heavy atom. The van der Waals surface area contributed by atoms with E-state index in [0.717, 1.165) is 44.7 Å². The van der Waals surface area contributed by atoms with Crippen LogP contribution in [0.3, 0.4) is 0 Å². The summed E-state index contributed by atoms with van der Waals surface area (Å²) in [5, 5.41) is 0. The molecule has 3 aromatic rings. The minimum Gasteiger partial charge on any atom is -0.760 e. The second kappa shape index (κ2) is 11.5. The lowest BCUT2D eigenvalue weighted by molar-refractivity contribution is 0.107. The second-order valence-electron chi connectivity index (χ2n) is 8.21. The molecule has 1 saturated heterocycles. The highest BCUT2D eigenvalue weighted by atomic mass is 32.2. The van der Waals surface area contributed by atoms with Crippen LogP contribution in [0.2, 0.25) is 0 Å². The van der Waals surface area contributed by atoms with E-state index in [1.165, 1.54) is 11.1 Å². The molecule has 0 aromatic heterocycles. The van der Waals surface area contributed by atoms with Gasteiger partial charge in [0.1, 0.15) is 0 Å². The van der Waals surface area contributed by atoms with Crippen molar-refractivity contribution >= 4 is 11.3 Å². The molecule has 1 aliphatic heterocycles. The van der Waals surface area contributed by atoms with E-state index < -0.39 is 11.3 Å². The minimum absolute atomic E-state index is 0.200. The first kappa shape index (κ1) is 22.8. The number of benzene rings is 3. The van der Waals surface area contributed by atoms with Gasteiger partial charge in [-0.05, 0) is 23.1 Å². The maximum atomic E-state index is 11.3. The molecular formula is C26H30N3O2S-. The molecule has 3 aromatic carbocycles. The molecule has 0 saturated carbocycles.